The number of nitrogens with zero attached hydrogens (tertiary/aromatic N) is 3. The molecule has 0 amide bonds. The topological polar surface area (TPSA) is 59.5 Å². The fraction of sp³-hybridized carbons (Fsp3) is 0.462. The van der Waals surface area contributed by atoms with Gasteiger partial charge in [0.15, 0.2) is 17.3 Å². The Morgan fingerprint density at radius 3 is 2.50 bits per heavy atom. The van der Waals surface area contributed by atoms with Crippen LogP contribution in [0.1, 0.15) is 26.7 Å². The van der Waals surface area contributed by atoms with E-state index in [9.17, 15) is 4.39 Å². The molecule has 1 saturated carbocycles. The Kier molecular flexibility index (Phi) is 8.35. The van der Waals surface area contributed by atoms with E-state index in [0.717, 1.165) is 11.8 Å². The molecule has 1 aliphatic heterocycles. The van der Waals surface area contributed by atoms with Crippen LogP contribution in [0.15, 0.2) is 30.6 Å². The Hall–Kier alpha value is -2.06. The Labute approximate surface area is 226 Å². The molecule has 1 aliphatic carbocycles. The molecule has 10 heteroatoms. The van der Waals surface area contributed by atoms with Crippen LogP contribution in [0.3, 0.4) is 0 Å². The Balaban J connectivity index is 0.00000304. The second-order valence-corrected chi connectivity index (χ2v) is 10.6. The third-order valence-electron chi connectivity index (χ3n) is 7.29. The Morgan fingerprint density at radius 1 is 1.11 bits per heavy atom. The molecular weight excluding hydrogens is 526 g/mol. The van der Waals surface area contributed by atoms with Gasteiger partial charge in [0.2, 0.25) is 0 Å². The van der Waals surface area contributed by atoms with Crippen molar-refractivity contribution in [3.63, 3.8) is 0 Å². The average molecular weight is 556 g/mol. The first-order valence-corrected chi connectivity index (χ1v) is 12.7. The molecule has 1 aromatic heterocycles. The van der Waals surface area contributed by atoms with Crippen LogP contribution in [0.4, 0.5) is 15.9 Å². The lowest BCUT2D eigenvalue weighted by molar-refractivity contribution is 0.209. The summed E-state index contributed by atoms with van der Waals surface area (Å²) in [7, 11) is 1.60. The van der Waals surface area contributed by atoms with Crippen molar-refractivity contribution in [2.75, 3.05) is 32.1 Å². The van der Waals surface area contributed by atoms with E-state index in [1.54, 1.807) is 7.11 Å². The van der Waals surface area contributed by atoms with Crippen LogP contribution < -0.4 is 14.8 Å². The predicted molar refractivity (Wildman–Crippen MR) is 145 cm³/mol. The molecule has 2 heterocycles. The number of ether oxygens (including phenoxy) is 2. The van der Waals surface area contributed by atoms with Gasteiger partial charge in [0, 0.05) is 30.6 Å². The van der Waals surface area contributed by atoms with Crippen molar-refractivity contribution >= 4 is 58.0 Å². The number of rotatable bonds is 7. The number of halogens is 4. The van der Waals surface area contributed by atoms with Gasteiger partial charge in [0.25, 0.3) is 0 Å². The lowest BCUT2D eigenvalue weighted by atomic mass is 10.0. The highest BCUT2D eigenvalue weighted by molar-refractivity contribution is 6.42. The van der Waals surface area contributed by atoms with Gasteiger partial charge in [-0.2, -0.15) is 0 Å². The predicted octanol–water partition coefficient (Wildman–Crippen LogP) is 6.99. The van der Waals surface area contributed by atoms with Crippen LogP contribution >= 0.6 is 35.6 Å². The molecule has 5 rings (SSSR count). The Bertz CT molecular complexity index is 1230. The monoisotopic (exact) mass is 554 g/mol. The number of likely N-dealkylation sites (tertiary alicyclic amines) is 1. The summed E-state index contributed by atoms with van der Waals surface area (Å²) in [5.74, 6) is 3.09. The van der Waals surface area contributed by atoms with Gasteiger partial charge in [0.1, 0.15) is 12.1 Å². The first-order valence-electron chi connectivity index (χ1n) is 11.9. The number of methoxy groups -OCH3 is 1. The molecule has 36 heavy (non-hydrogen) atoms. The smallest absolute Gasteiger partial charge is 0.166 e. The second kappa shape index (κ2) is 11.1. The molecule has 0 bridgehead atoms. The highest BCUT2D eigenvalue weighted by Gasteiger charge is 2.41. The lowest BCUT2D eigenvalue weighted by Crippen LogP contribution is -2.29. The Morgan fingerprint density at radius 2 is 1.83 bits per heavy atom. The van der Waals surface area contributed by atoms with Crippen molar-refractivity contribution in [1.82, 2.24) is 14.9 Å². The van der Waals surface area contributed by atoms with Crippen LogP contribution in [0.2, 0.25) is 10.0 Å². The molecule has 0 radical (unpaired) electrons. The molecule has 3 atom stereocenters. The van der Waals surface area contributed by atoms with Crippen LogP contribution in [-0.4, -0.2) is 47.7 Å². The summed E-state index contributed by atoms with van der Waals surface area (Å²) in [6.45, 7) is 7.61. The fourth-order valence-electron chi connectivity index (χ4n) is 5.41. The van der Waals surface area contributed by atoms with Gasteiger partial charge in [-0.15, -0.1) is 12.4 Å². The van der Waals surface area contributed by atoms with Crippen LogP contribution in [0.25, 0.3) is 10.9 Å². The number of hydrogen-bond donors (Lipinski definition) is 1. The summed E-state index contributed by atoms with van der Waals surface area (Å²) in [5.41, 5.74) is 0.830. The van der Waals surface area contributed by atoms with Gasteiger partial charge in [-0.3, -0.25) is 0 Å². The number of nitrogens with one attached hydrogen (secondary N) is 1. The number of benzene rings is 2. The molecule has 194 valence electrons. The molecule has 6 nitrogen and oxygen atoms in total. The molecule has 1 N–H and O–H groups in total. The van der Waals surface area contributed by atoms with E-state index in [1.165, 1.54) is 44.4 Å². The number of fused-ring (bicyclic) bond motifs is 2. The quantitative estimate of drug-likeness (QED) is 0.317. The maximum absolute atomic E-state index is 14.6. The molecule has 2 fully saturated rings. The zero-order valence-corrected chi connectivity index (χ0v) is 22.8. The largest absolute Gasteiger partial charge is 0.493 e. The van der Waals surface area contributed by atoms with E-state index in [0.29, 0.717) is 46.8 Å². The van der Waals surface area contributed by atoms with Gasteiger partial charge in [-0.1, -0.05) is 23.2 Å². The number of aromatic nitrogens is 2. The minimum absolute atomic E-state index is 0. The summed E-state index contributed by atoms with van der Waals surface area (Å²) in [6, 6.07) is 7.33. The minimum Gasteiger partial charge on any atom is -0.493 e. The lowest BCUT2D eigenvalue weighted by Gasteiger charge is -2.22. The third kappa shape index (κ3) is 5.30. The third-order valence-corrected chi connectivity index (χ3v) is 8.07. The van der Waals surface area contributed by atoms with Gasteiger partial charge in [0.05, 0.1) is 35.0 Å². The molecule has 2 aliphatic rings. The van der Waals surface area contributed by atoms with Crippen LogP contribution in [-0.2, 0) is 0 Å². The first-order chi connectivity index (χ1) is 16.8. The van der Waals surface area contributed by atoms with Crippen molar-refractivity contribution in [3.05, 3.63) is 46.5 Å². The molecule has 1 saturated heterocycles. The number of hydrogen-bond acceptors (Lipinski definition) is 6. The summed E-state index contributed by atoms with van der Waals surface area (Å²) in [4.78, 5) is 11.3. The standard InChI is InChI=1S/C26H29Cl2FN4O2.ClH/c1-14(2)33-10-16-6-15(7-17(16)11-33)12-35-23-9-21-18(8-22(23)34-3)26(31-13-30-21)32-20-5-4-19(27)24(28)25(20)29;/h4-5,8-9,13-17H,6-7,10-12H2,1-3H3,(H,30,31,32);1H/t15?,16-,17+;. The van der Waals surface area contributed by atoms with E-state index in [4.69, 9.17) is 32.7 Å². The van der Waals surface area contributed by atoms with E-state index in [1.807, 2.05) is 12.1 Å². The minimum atomic E-state index is -0.643. The van der Waals surface area contributed by atoms with Gasteiger partial charge < -0.3 is 19.7 Å². The van der Waals surface area contributed by atoms with E-state index in [-0.39, 0.29) is 28.1 Å². The van der Waals surface area contributed by atoms with Crippen LogP contribution in [0.5, 0.6) is 11.5 Å². The summed E-state index contributed by atoms with van der Waals surface area (Å²) < 4.78 is 26.5. The zero-order valence-electron chi connectivity index (χ0n) is 20.4. The molecule has 0 spiro atoms. The van der Waals surface area contributed by atoms with Gasteiger partial charge >= 0.3 is 0 Å². The SMILES string of the molecule is COc1cc2c(Nc3ccc(Cl)c(Cl)c3F)ncnc2cc1OCC1C[C@@H]2CN(C(C)C)C[C@@H]2C1.Cl. The van der Waals surface area contributed by atoms with Crippen molar-refractivity contribution in [2.45, 2.75) is 32.7 Å². The molecule has 3 aromatic rings. The van der Waals surface area contributed by atoms with Crippen molar-refractivity contribution in [2.24, 2.45) is 17.8 Å². The maximum Gasteiger partial charge on any atom is 0.166 e. The van der Waals surface area contributed by atoms with Crippen molar-refractivity contribution in [1.29, 1.82) is 0 Å². The van der Waals surface area contributed by atoms with Gasteiger partial charge in [-0.05, 0) is 62.6 Å². The van der Waals surface area contributed by atoms with Crippen LogP contribution in [0, 0.1) is 23.6 Å². The highest BCUT2D eigenvalue weighted by atomic mass is 35.5. The molecule has 2 aromatic carbocycles. The zero-order chi connectivity index (χ0) is 24.7. The van der Waals surface area contributed by atoms with Crippen molar-refractivity contribution in [3.8, 4) is 11.5 Å². The fourth-order valence-corrected chi connectivity index (χ4v) is 5.72. The molecule has 1 unspecified atom stereocenters. The maximum atomic E-state index is 14.6. The van der Waals surface area contributed by atoms with E-state index >= 15 is 0 Å². The van der Waals surface area contributed by atoms with E-state index in [2.05, 4.69) is 34.0 Å². The summed E-state index contributed by atoms with van der Waals surface area (Å²) in [5, 5.41) is 3.67. The highest BCUT2D eigenvalue weighted by Crippen LogP contribution is 2.43. The van der Waals surface area contributed by atoms with Gasteiger partial charge in [-0.25, -0.2) is 14.4 Å². The van der Waals surface area contributed by atoms with Crippen molar-refractivity contribution < 1.29 is 13.9 Å². The average Bonchev–Trinajstić information content (AvgIpc) is 3.42. The molecular formula is C26H30Cl3FN4O2. The number of anilines is 2. The van der Waals surface area contributed by atoms with E-state index < -0.39 is 5.82 Å². The normalized spacial score (nSPS) is 21.5. The first kappa shape index (κ1) is 27.0. The summed E-state index contributed by atoms with van der Waals surface area (Å²) >= 11 is 11.9. The summed E-state index contributed by atoms with van der Waals surface area (Å²) in [6.07, 6.45) is 3.83. The second-order valence-electron chi connectivity index (χ2n) is 9.81.